The molecule has 1 saturated carbocycles. The van der Waals surface area contributed by atoms with Gasteiger partial charge in [-0.15, -0.1) is 0 Å². The van der Waals surface area contributed by atoms with Gasteiger partial charge in [-0.1, -0.05) is 0 Å². The van der Waals surface area contributed by atoms with Crippen molar-refractivity contribution in [2.45, 2.75) is 24.9 Å². The summed E-state index contributed by atoms with van der Waals surface area (Å²) in [5, 5.41) is 13.8. The SMILES string of the molecule is O=[N+]([O-])c1ccc2c(c1)NCC1(CCC1)O2. The van der Waals surface area contributed by atoms with Gasteiger partial charge in [-0.05, 0) is 25.3 Å². The second kappa shape index (κ2) is 3.10. The van der Waals surface area contributed by atoms with E-state index in [0.29, 0.717) is 0 Å². The van der Waals surface area contributed by atoms with Gasteiger partial charge in [0.25, 0.3) is 5.69 Å². The van der Waals surface area contributed by atoms with Crippen LogP contribution < -0.4 is 10.1 Å². The molecule has 3 rings (SSSR count). The van der Waals surface area contributed by atoms with Gasteiger partial charge in [0.15, 0.2) is 0 Å². The van der Waals surface area contributed by atoms with Crippen LogP contribution in [0.5, 0.6) is 5.75 Å². The maximum atomic E-state index is 10.6. The number of nitro benzene ring substituents is 1. The van der Waals surface area contributed by atoms with Crippen LogP contribution in [0.2, 0.25) is 0 Å². The summed E-state index contributed by atoms with van der Waals surface area (Å²) in [6.45, 7) is 0.751. The predicted molar refractivity (Wildman–Crippen MR) is 58.8 cm³/mol. The lowest BCUT2D eigenvalue weighted by Gasteiger charge is -2.45. The standard InChI is InChI=1S/C11H12N2O3/c14-13(15)8-2-3-10-9(6-8)12-7-11(16-10)4-1-5-11/h2-3,6,12H,1,4-5,7H2. The molecule has 1 spiro atoms. The summed E-state index contributed by atoms with van der Waals surface area (Å²) in [6, 6.07) is 4.69. The van der Waals surface area contributed by atoms with Crippen LogP contribution in [0.15, 0.2) is 18.2 Å². The van der Waals surface area contributed by atoms with Crippen LogP contribution in [0.4, 0.5) is 11.4 Å². The minimum absolute atomic E-state index is 0.0524. The molecule has 2 aliphatic rings. The molecule has 1 aliphatic carbocycles. The van der Waals surface area contributed by atoms with Gasteiger partial charge in [0.05, 0.1) is 17.2 Å². The highest BCUT2D eigenvalue weighted by Crippen LogP contribution is 2.43. The molecule has 0 amide bonds. The highest BCUT2D eigenvalue weighted by atomic mass is 16.6. The molecule has 16 heavy (non-hydrogen) atoms. The van der Waals surface area contributed by atoms with E-state index in [9.17, 15) is 10.1 Å². The van der Waals surface area contributed by atoms with Crippen molar-refractivity contribution in [3.05, 3.63) is 28.3 Å². The van der Waals surface area contributed by atoms with E-state index in [1.807, 2.05) is 0 Å². The number of anilines is 1. The van der Waals surface area contributed by atoms with E-state index in [1.54, 1.807) is 6.07 Å². The average Bonchev–Trinajstić information content (AvgIpc) is 2.25. The Morgan fingerprint density at radius 1 is 1.44 bits per heavy atom. The molecule has 0 saturated heterocycles. The number of fused-ring (bicyclic) bond motifs is 1. The lowest BCUT2D eigenvalue weighted by atomic mass is 9.79. The number of non-ortho nitro benzene ring substituents is 1. The van der Waals surface area contributed by atoms with E-state index in [-0.39, 0.29) is 11.3 Å². The monoisotopic (exact) mass is 220 g/mol. The Labute approximate surface area is 92.6 Å². The Bertz CT molecular complexity index is 455. The molecule has 1 heterocycles. The van der Waals surface area contributed by atoms with E-state index >= 15 is 0 Å². The van der Waals surface area contributed by atoms with Crippen LogP contribution in [-0.4, -0.2) is 17.1 Å². The number of nitrogens with zero attached hydrogens (tertiary/aromatic N) is 1. The zero-order valence-electron chi connectivity index (χ0n) is 8.73. The van der Waals surface area contributed by atoms with Crippen LogP contribution in [0, 0.1) is 10.1 Å². The van der Waals surface area contributed by atoms with Gasteiger partial charge in [0, 0.05) is 12.1 Å². The third-order valence-corrected chi connectivity index (χ3v) is 3.37. The first-order chi connectivity index (χ1) is 7.69. The summed E-state index contributed by atoms with van der Waals surface area (Å²) in [5.41, 5.74) is 0.773. The van der Waals surface area contributed by atoms with E-state index in [1.165, 1.54) is 18.6 Å². The molecular weight excluding hydrogens is 208 g/mol. The second-order valence-corrected chi connectivity index (χ2v) is 4.43. The highest BCUT2D eigenvalue weighted by molar-refractivity contribution is 5.63. The lowest BCUT2D eigenvalue weighted by Crippen LogP contribution is -2.51. The summed E-state index contributed by atoms with van der Waals surface area (Å²) >= 11 is 0. The van der Waals surface area contributed by atoms with Gasteiger partial charge in [-0.3, -0.25) is 10.1 Å². The summed E-state index contributed by atoms with van der Waals surface area (Å²) in [6.07, 6.45) is 3.33. The Balaban J connectivity index is 1.92. The molecule has 84 valence electrons. The highest BCUT2D eigenvalue weighted by Gasteiger charge is 2.42. The van der Waals surface area contributed by atoms with E-state index in [2.05, 4.69) is 5.32 Å². The molecule has 0 radical (unpaired) electrons. The number of nitro groups is 1. The fourth-order valence-electron chi connectivity index (χ4n) is 2.23. The third kappa shape index (κ3) is 1.31. The minimum atomic E-state index is -0.393. The molecule has 5 heteroatoms. The number of nitrogens with one attached hydrogen (secondary N) is 1. The van der Waals surface area contributed by atoms with Crippen molar-refractivity contribution in [2.75, 3.05) is 11.9 Å². The van der Waals surface area contributed by atoms with Crippen molar-refractivity contribution in [3.8, 4) is 5.75 Å². The van der Waals surface area contributed by atoms with Crippen LogP contribution in [-0.2, 0) is 0 Å². The Morgan fingerprint density at radius 3 is 2.88 bits per heavy atom. The molecule has 1 fully saturated rings. The number of hydrogen-bond donors (Lipinski definition) is 1. The van der Waals surface area contributed by atoms with Crippen LogP contribution in [0.25, 0.3) is 0 Å². The average molecular weight is 220 g/mol. The van der Waals surface area contributed by atoms with Gasteiger partial charge in [0.2, 0.25) is 0 Å². The van der Waals surface area contributed by atoms with Gasteiger partial charge in [0.1, 0.15) is 11.4 Å². The van der Waals surface area contributed by atoms with Crippen LogP contribution in [0.1, 0.15) is 19.3 Å². The van der Waals surface area contributed by atoms with Gasteiger partial charge in [-0.2, -0.15) is 0 Å². The van der Waals surface area contributed by atoms with Gasteiger partial charge >= 0.3 is 0 Å². The van der Waals surface area contributed by atoms with Crippen molar-refractivity contribution in [2.24, 2.45) is 0 Å². The lowest BCUT2D eigenvalue weighted by molar-refractivity contribution is -0.384. The van der Waals surface area contributed by atoms with Crippen LogP contribution >= 0.6 is 0 Å². The fraction of sp³-hybridized carbons (Fsp3) is 0.455. The largest absolute Gasteiger partial charge is 0.483 e. The van der Waals surface area contributed by atoms with Gasteiger partial charge in [-0.25, -0.2) is 0 Å². The number of rotatable bonds is 1. The zero-order valence-corrected chi connectivity index (χ0v) is 8.73. The molecule has 0 atom stereocenters. The van der Waals surface area contributed by atoms with Crippen molar-refractivity contribution < 1.29 is 9.66 Å². The van der Waals surface area contributed by atoms with Crippen molar-refractivity contribution in [1.29, 1.82) is 0 Å². The van der Waals surface area contributed by atoms with Crippen molar-refractivity contribution >= 4 is 11.4 Å². The number of hydrogen-bond acceptors (Lipinski definition) is 4. The smallest absolute Gasteiger partial charge is 0.271 e. The molecule has 0 aromatic heterocycles. The molecule has 1 aliphatic heterocycles. The predicted octanol–water partition coefficient (Wildman–Crippen LogP) is 2.32. The normalized spacial score (nSPS) is 20.2. The van der Waals surface area contributed by atoms with Crippen LogP contribution in [0.3, 0.4) is 0 Å². The Hall–Kier alpha value is -1.78. The fourth-order valence-corrected chi connectivity index (χ4v) is 2.23. The molecule has 0 bridgehead atoms. The first kappa shape index (κ1) is 9.45. The Morgan fingerprint density at radius 2 is 2.25 bits per heavy atom. The first-order valence-corrected chi connectivity index (χ1v) is 5.40. The molecule has 0 unspecified atom stereocenters. The summed E-state index contributed by atoms with van der Waals surface area (Å²) in [7, 11) is 0. The molecular formula is C11H12N2O3. The Kier molecular flexibility index (Phi) is 1.83. The molecule has 1 aromatic rings. The maximum Gasteiger partial charge on any atom is 0.271 e. The third-order valence-electron chi connectivity index (χ3n) is 3.37. The summed E-state index contributed by atoms with van der Waals surface area (Å²) in [5.74, 6) is 0.733. The van der Waals surface area contributed by atoms with E-state index in [4.69, 9.17) is 4.74 Å². The number of benzene rings is 1. The number of ether oxygens (including phenoxy) is 1. The molecule has 1 aromatic carbocycles. The van der Waals surface area contributed by atoms with Gasteiger partial charge < -0.3 is 10.1 Å². The molecule has 1 N–H and O–H groups in total. The summed E-state index contributed by atoms with van der Waals surface area (Å²) < 4.78 is 5.91. The molecule has 5 nitrogen and oxygen atoms in total. The van der Waals surface area contributed by atoms with E-state index < -0.39 is 4.92 Å². The first-order valence-electron chi connectivity index (χ1n) is 5.40. The second-order valence-electron chi connectivity index (χ2n) is 4.43. The van der Waals surface area contributed by atoms with E-state index in [0.717, 1.165) is 30.8 Å². The minimum Gasteiger partial charge on any atom is -0.483 e. The van der Waals surface area contributed by atoms with Crippen molar-refractivity contribution in [3.63, 3.8) is 0 Å². The zero-order chi connectivity index (χ0) is 11.2. The quantitative estimate of drug-likeness (QED) is 0.582. The van der Waals surface area contributed by atoms with Crippen molar-refractivity contribution in [1.82, 2.24) is 0 Å². The topological polar surface area (TPSA) is 64.4 Å². The summed E-state index contributed by atoms with van der Waals surface area (Å²) in [4.78, 5) is 10.2. The maximum absolute atomic E-state index is 10.6.